The van der Waals surface area contributed by atoms with Crippen molar-refractivity contribution in [1.82, 2.24) is 0 Å². The fourth-order valence-electron chi connectivity index (χ4n) is 1.71. The van der Waals surface area contributed by atoms with Crippen LogP contribution < -0.4 is 11.1 Å². The van der Waals surface area contributed by atoms with Gasteiger partial charge in [-0.3, -0.25) is 0 Å². The summed E-state index contributed by atoms with van der Waals surface area (Å²) in [5.41, 5.74) is 8.46. The van der Waals surface area contributed by atoms with E-state index in [4.69, 9.17) is 5.73 Å². The predicted octanol–water partition coefficient (Wildman–Crippen LogP) is 2.65. The number of rotatable bonds is 0. The second kappa shape index (κ2) is 3.68. The zero-order chi connectivity index (χ0) is 9.26. The molecule has 0 fully saturated rings. The van der Waals surface area contributed by atoms with E-state index in [2.05, 4.69) is 33.4 Å². The average molecular weight is 241 g/mol. The topological polar surface area (TPSA) is 38.0 Å². The molecule has 1 atom stereocenters. The maximum Gasteiger partial charge on any atom is 0.0399 e. The molecule has 1 aliphatic heterocycles. The van der Waals surface area contributed by atoms with Crippen LogP contribution in [-0.2, 0) is 0 Å². The van der Waals surface area contributed by atoms with Gasteiger partial charge < -0.3 is 11.1 Å². The van der Waals surface area contributed by atoms with Gasteiger partial charge >= 0.3 is 0 Å². The third-order valence-electron chi connectivity index (χ3n) is 2.42. The van der Waals surface area contributed by atoms with Crippen molar-refractivity contribution in [2.75, 3.05) is 11.9 Å². The largest absolute Gasteiger partial charge is 0.385 e. The molecule has 1 aromatic carbocycles. The second-order valence-electron chi connectivity index (χ2n) is 3.41. The Kier molecular flexibility index (Phi) is 2.56. The average Bonchev–Trinajstić information content (AvgIpc) is 2.28. The molecule has 0 saturated heterocycles. The molecule has 3 N–H and O–H groups in total. The molecule has 0 spiro atoms. The third kappa shape index (κ3) is 1.86. The molecule has 1 heterocycles. The molecule has 2 rings (SSSR count). The van der Waals surface area contributed by atoms with Gasteiger partial charge in [-0.1, -0.05) is 22.0 Å². The van der Waals surface area contributed by atoms with E-state index in [0.717, 1.165) is 23.9 Å². The normalized spacial score (nSPS) is 21.5. The Morgan fingerprint density at radius 2 is 2.31 bits per heavy atom. The number of hydrogen-bond acceptors (Lipinski definition) is 2. The molecule has 1 aliphatic rings. The van der Waals surface area contributed by atoms with E-state index in [-0.39, 0.29) is 6.04 Å². The van der Waals surface area contributed by atoms with Gasteiger partial charge in [0.2, 0.25) is 0 Å². The molecule has 0 bridgehead atoms. The van der Waals surface area contributed by atoms with Crippen LogP contribution in [0.25, 0.3) is 0 Å². The van der Waals surface area contributed by atoms with E-state index in [9.17, 15) is 0 Å². The van der Waals surface area contributed by atoms with Crippen molar-refractivity contribution in [1.29, 1.82) is 0 Å². The van der Waals surface area contributed by atoms with Gasteiger partial charge in [-0.15, -0.1) is 0 Å². The van der Waals surface area contributed by atoms with E-state index in [0.29, 0.717) is 0 Å². The van der Waals surface area contributed by atoms with E-state index in [1.54, 1.807) is 0 Å². The van der Waals surface area contributed by atoms with Crippen LogP contribution in [0, 0.1) is 0 Å². The van der Waals surface area contributed by atoms with Gasteiger partial charge in [0.15, 0.2) is 0 Å². The van der Waals surface area contributed by atoms with Crippen LogP contribution in [0.1, 0.15) is 24.4 Å². The van der Waals surface area contributed by atoms with Crippen LogP contribution in [0.2, 0.25) is 0 Å². The maximum absolute atomic E-state index is 6.04. The lowest BCUT2D eigenvalue weighted by Crippen LogP contribution is -2.09. The van der Waals surface area contributed by atoms with Gasteiger partial charge in [-0.2, -0.15) is 0 Å². The molecule has 13 heavy (non-hydrogen) atoms. The minimum absolute atomic E-state index is 0.193. The second-order valence-corrected chi connectivity index (χ2v) is 4.32. The van der Waals surface area contributed by atoms with Crippen LogP contribution in [-0.4, -0.2) is 6.54 Å². The van der Waals surface area contributed by atoms with Gasteiger partial charge in [0, 0.05) is 22.7 Å². The minimum atomic E-state index is 0.193. The Hall–Kier alpha value is -0.540. The highest BCUT2D eigenvalue weighted by atomic mass is 79.9. The number of nitrogens with one attached hydrogen (secondary N) is 1. The molecule has 0 aromatic heterocycles. The van der Waals surface area contributed by atoms with Gasteiger partial charge in [0.25, 0.3) is 0 Å². The van der Waals surface area contributed by atoms with E-state index in [1.807, 2.05) is 6.07 Å². The summed E-state index contributed by atoms with van der Waals surface area (Å²) in [5.74, 6) is 0. The molecular formula is C10H13BrN2. The molecule has 2 nitrogen and oxygen atoms in total. The lowest BCUT2D eigenvalue weighted by Gasteiger charge is -2.12. The van der Waals surface area contributed by atoms with Crippen molar-refractivity contribution in [2.24, 2.45) is 5.73 Å². The number of anilines is 1. The van der Waals surface area contributed by atoms with Crippen LogP contribution in [0.5, 0.6) is 0 Å². The predicted molar refractivity (Wildman–Crippen MR) is 58.8 cm³/mol. The summed E-state index contributed by atoms with van der Waals surface area (Å²) in [7, 11) is 0. The zero-order valence-corrected chi connectivity index (χ0v) is 8.97. The molecule has 0 aliphatic carbocycles. The Morgan fingerprint density at radius 3 is 3.15 bits per heavy atom. The SMILES string of the molecule is NC1CCCNc2cc(Br)ccc21. The highest BCUT2D eigenvalue weighted by Crippen LogP contribution is 2.29. The van der Waals surface area contributed by atoms with Crippen molar-refractivity contribution in [3.63, 3.8) is 0 Å². The van der Waals surface area contributed by atoms with Gasteiger partial charge in [0.1, 0.15) is 0 Å². The number of hydrogen-bond donors (Lipinski definition) is 2. The van der Waals surface area contributed by atoms with Crippen molar-refractivity contribution in [3.05, 3.63) is 28.2 Å². The Labute approximate surface area is 86.6 Å². The Balaban J connectivity index is 2.42. The summed E-state index contributed by atoms with van der Waals surface area (Å²) in [4.78, 5) is 0. The lowest BCUT2D eigenvalue weighted by atomic mass is 10.0. The standard InChI is InChI=1S/C10H13BrN2/c11-7-3-4-8-9(12)2-1-5-13-10(8)6-7/h3-4,6,9,13H,1-2,5,12H2. The highest BCUT2D eigenvalue weighted by Gasteiger charge is 2.14. The Bertz CT molecular complexity index is 312. The first-order valence-electron chi connectivity index (χ1n) is 4.56. The molecule has 0 saturated carbocycles. The summed E-state index contributed by atoms with van der Waals surface area (Å²) >= 11 is 3.46. The number of nitrogens with two attached hydrogens (primary N) is 1. The smallest absolute Gasteiger partial charge is 0.0399 e. The van der Waals surface area contributed by atoms with Crippen LogP contribution in [0.15, 0.2) is 22.7 Å². The van der Waals surface area contributed by atoms with E-state index in [1.165, 1.54) is 11.3 Å². The van der Waals surface area contributed by atoms with Crippen molar-refractivity contribution in [2.45, 2.75) is 18.9 Å². The molecule has 0 radical (unpaired) electrons. The van der Waals surface area contributed by atoms with Gasteiger partial charge in [-0.05, 0) is 30.5 Å². The molecule has 3 heteroatoms. The quantitative estimate of drug-likeness (QED) is 0.732. The first kappa shape index (κ1) is 9.03. The molecule has 0 amide bonds. The van der Waals surface area contributed by atoms with Crippen LogP contribution in [0.3, 0.4) is 0 Å². The van der Waals surface area contributed by atoms with Crippen LogP contribution in [0.4, 0.5) is 5.69 Å². The summed E-state index contributed by atoms with van der Waals surface area (Å²) in [6, 6.07) is 6.44. The van der Waals surface area contributed by atoms with Gasteiger partial charge in [0.05, 0.1) is 0 Å². The minimum Gasteiger partial charge on any atom is -0.385 e. The van der Waals surface area contributed by atoms with Gasteiger partial charge in [-0.25, -0.2) is 0 Å². The first-order valence-corrected chi connectivity index (χ1v) is 5.35. The van der Waals surface area contributed by atoms with Crippen molar-refractivity contribution < 1.29 is 0 Å². The third-order valence-corrected chi connectivity index (χ3v) is 2.92. The zero-order valence-electron chi connectivity index (χ0n) is 7.39. The van der Waals surface area contributed by atoms with Crippen molar-refractivity contribution >= 4 is 21.6 Å². The summed E-state index contributed by atoms with van der Waals surface area (Å²) in [5, 5.41) is 3.39. The van der Waals surface area contributed by atoms with E-state index >= 15 is 0 Å². The molecule has 1 aromatic rings. The highest BCUT2D eigenvalue weighted by molar-refractivity contribution is 9.10. The van der Waals surface area contributed by atoms with E-state index < -0.39 is 0 Å². The fraction of sp³-hybridized carbons (Fsp3) is 0.400. The molecule has 1 unspecified atom stereocenters. The summed E-state index contributed by atoms with van der Waals surface area (Å²) in [6.45, 7) is 1.02. The monoisotopic (exact) mass is 240 g/mol. The first-order chi connectivity index (χ1) is 6.27. The number of halogens is 1. The fourth-order valence-corrected chi connectivity index (χ4v) is 2.07. The molecular weight excluding hydrogens is 228 g/mol. The lowest BCUT2D eigenvalue weighted by molar-refractivity contribution is 0.642. The van der Waals surface area contributed by atoms with Crippen LogP contribution >= 0.6 is 15.9 Å². The number of fused-ring (bicyclic) bond motifs is 1. The van der Waals surface area contributed by atoms with Crippen molar-refractivity contribution in [3.8, 4) is 0 Å². The summed E-state index contributed by atoms with van der Waals surface area (Å²) < 4.78 is 1.10. The maximum atomic E-state index is 6.04. The summed E-state index contributed by atoms with van der Waals surface area (Å²) in [6.07, 6.45) is 2.22. The number of benzene rings is 1. The Morgan fingerprint density at radius 1 is 1.46 bits per heavy atom. The molecule has 70 valence electrons.